The van der Waals surface area contributed by atoms with Gasteiger partial charge in [-0.15, -0.1) is 0 Å². The molecule has 94 valence electrons. The van der Waals surface area contributed by atoms with Crippen molar-refractivity contribution in [1.82, 2.24) is 5.32 Å². The third-order valence-electron chi connectivity index (χ3n) is 3.50. The summed E-state index contributed by atoms with van der Waals surface area (Å²) in [5, 5.41) is 3.57. The summed E-state index contributed by atoms with van der Waals surface area (Å²) in [6.07, 6.45) is 6.59. The van der Waals surface area contributed by atoms with E-state index in [-0.39, 0.29) is 0 Å². The van der Waals surface area contributed by atoms with Gasteiger partial charge in [0.1, 0.15) is 0 Å². The number of hydrogen-bond acceptors (Lipinski definition) is 1. The lowest BCUT2D eigenvalue weighted by atomic mass is 10.0. The molecule has 0 aromatic heterocycles. The first kappa shape index (κ1) is 13.1. The maximum atomic E-state index is 3.59. The van der Waals surface area contributed by atoms with E-state index < -0.39 is 0 Å². The zero-order valence-corrected chi connectivity index (χ0v) is 12.4. The second-order valence-electron chi connectivity index (χ2n) is 5.21. The highest BCUT2D eigenvalue weighted by molar-refractivity contribution is 9.10. The number of aryl methyl sites for hydroxylation is 3. The van der Waals surface area contributed by atoms with Gasteiger partial charge in [0.05, 0.1) is 0 Å². The quantitative estimate of drug-likeness (QED) is 0.778. The molecule has 0 aliphatic heterocycles. The second kappa shape index (κ2) is 6.01. The fraction of sp³-hybridized carbons (Fsp3) is 0.600. The van der Waals surface area contributed by atoms with Crippen molar-refractivity contribution in [2.24, 2.45) is 0 Å². The van der Waals surface area contributed by atoms with Gasteiger partial charge in [-0.1, -0.05) is 22.0 Å². The molecule has 1 saturated carbocycles. The van der Waals surface area contributed by atoms with Crippen LogP contribution in [0.3, 0.4) is 0 Å². The molecular formula is C15H22BrN. The Kier molecular flexibility index (Phi) is 4.63. The van der Waals surface area contributed by atoms with E-state index >= 15 is 0 Å². The molecule has 0 heterocycles. The first-order valence-corrected chi connectivity index (χ1v) is 7.45. The fourth-order valence-corrected chi connectivity index (χ4v) is 2.60. The van der Waals surface area contributed by atoms with E-state index in [0.29, 0.717) is 0 Å². The van der Waals surface area contributed by atoms with Gasteiger partial charge < -0.3 is 5.32 Å². The number of halogens is 1. The minimum absolute atomic E-state index is 0.853. The standard InChI is InChI=1S/C15H22BrN/c1-11-10-15(16)12(2)9-13(11)5-3-4-8-17-14-6-7-14/h9-10,14,17H,3-8H2,1-2H3. The molecule has 0 saturated heterocycles. The Labute approximate surface area is 113 Å². The fourth-order valence-electron chi connectivity index (χ4n) is 2.14. The Bertz CT molecular complexity index is 383. The van der Waals surface area contributed by atoms with Crippen LogP contribution in [0.15, 0.2) is 16.6 Å². The molecule has 17 heavy (non-hydrogen) atoms. The van der Waals surface area contributed by atoms with E-state index in [1.54, 1.807) is 0 Å². The molecule has 0 spiro atoms. The molecule has 0 radical (unpaired) electrons. The Balaban J connectivity index is 1.75. The maximum Gasteiger partial charge on any atom is 0.0207 e. The number of nitrogens with one attached hydrogen (secondary N) is 1. The van der Waals surface area contributed by atoms with Crippen molar-refractivity contribution < 1.29 is 0 Å². The summed E-state index contributed by atoms with van der Waals surface area (Å²) in [6.45, 7) is 5.57. The van der Waals surface area contributed by atoms with Gasteiger partial charge in [0.25, 0.3) is 0 Å². The van der Waals surface area contributed by atoms with Gasteiger partial charge in [-0.05, 0) is 75.3 Å². The highest BCUT2D eigenvalue weighted by atomic mass is 79.9. The Morgan fingerprint density at radius 3 is 2.65 bits per heavy atom. The average Bonchev–Trinajstić information content (AvgIpc) is 3.08. The minimum Gasteiger partial charge on any atom is -0.314 e. The topological polar surface area (TPSA) is 12.0 Å². The van der Waals surface area contributed by atoms with Crippen molar-refractivity contribution in [2.75, 3.05) is 6.54 Å². The lowest BCUT2D eigenvalue weighted by Gasteiger charge is -2.09. The normalized spacial score (nSPS) is 15.2. The zero-order chi connectivity index (χ0) is 12.3. The van der Waals surface area contributed by atoms with Crippen LogP contribution in [0.1, 0.15) is 42.4 Å². The molecule has 1 nitrogen and oxygen atoms in total. The van der Waals surface area contributed by atoms with E-state index in [2.05, 4.69) is 47.2 Å². The van der Waals surface area contributed by atoms with E-state index in [9.17, 15) is 0 Å². The number of rotatable bonds is 6. The van der Waals surface area contributed by atoms with E-state index in [4.69, 9.17) is 0 Å². The lowest BCUT2D eigenvalue weighted by Crippen LogP contribution is -2.17. The summed E-state index contributed by atoms with van der Waals surface area (Å²) in [5.74, 6) is 0. The Morgan fingerprint density at radius 2 is 1.94 bits per heavy atom. The first-order valence-electron chi connectivity index (χ1n) is 6.66. The highest BCUT2D eigenvalue weighted by Crippen LogP contribution is 2.22. The maximum absolute atomic E-state index is 3.59. The van der Waals surface area contributed by atoms with Crippen LogP contribution in [0.2, 0.25) is 0 Å². The molecule has 1 aliphatic rings. The van der Waals surface area contributed by atoms with Gasteiger partial charge in [-0.2, -0.15) is 0 Å². The molecular weight excluding hydrogens is 274 g/mol. The van der Waals surface area contributed by atoms with Crippen LogP contribution in [-0.2, 0) is 6.42 Å². The number of benzene rings is 1. The third-order valence-corrected chi connectivity index (χ3v) is 4.35. The number of unbranched alkanes of at least 4 members (excludes halogenated alkanes) is 1. The molecule has 1 aromatic carbocycles. The molecule has 0 unspecified atom stereocenters. The van der Waals surface area contributed by atoms with Crippen LogP contribution in [0.25, 0.3) is 0 Å². The van der Waals surface area contributed by atoms with Crippen LogP contribution in [-0.4, -0.2) is 12.6 Å². The largest absolute Gasteiger partial charge is 0.314 e. The molecule has 1 aromatic rings. The van der Waals surface area contributed by atoms with Crippen LogP contribution in [0.5, 0.6) is 0 Å². The minimum atomic E-state index is 0.853. The van der Waals surface area contributed by atoms with Gasteiger partial charge in [-0.25, -0.2) is 0 Å². The summed E-state index contributed by atoms with van der Waals surface area (Å²) < 4.78 is 1.23. The lowest BCUT2D eigenvalue weighted by molar-refractivity contribution is 0.619. The van der Waals surface area contributed by atoms with Crippen LogP contribution in [0, 0.1) is 13.8 Å². The summed E-state index contributed by atoms with van der Waals surface area (Å²) >= 11 is 3.59. The third kappa shape index (κ3) is 4.11. The van der Waals surface area contributed by atoms with Gasteiger partial charge in [-0.3, -0.25) is 0 Å². The predicted molar refractivity (Wildman–Crippen MR) is 77.6 cm³/mol. The molecule has 2 rings (SSSR count). The van der Waals surface area contributed by atoms with E-state index in [1.165, 1.54) is 59.8 Å². The van der Waals surface area contributed by atoms with Crippen LogP contribution in [0.4, 0.5) is 0 Å². The van der Waals surface area contributed by atoms with Crippen LogP contribution >= 0.6 is 15.9 Å². The van der Waals surface area contributed by atoms with Gasteiger partial charge in [0.15, 0.2) is 0 Å². The second-order valence-corrected chi connectivity index (χ2v) is 6.07. The summed E-state index contributed by atoms with van der Waals surface area (Å²) in [5.41, 5.74) is 4.27. The van der Waals surface area contributed by atoms with Crippen LogP contribution < -0.4 is 5.32 Å². The predicted octanol–water partition coefficient (Wildman–Crippen LogP) is 4.14. The molecule has 2 heteroatoms. The van der Waals surface area contributed by atoms with Crippen molar-refractivity contribution >= 4 is 15.9 Å². The van der Waals surface area contributed by atoms with Crippen molar-refractivity contribution in [2.45, 2.75) is 52.0 Å². The molecule has 0 bridgehead atoms. The molecule has 0 atom stereocenters. The van der Waals surface area contributed by atoms with Crippen molar-refractivity contribution in [3.8, 4) is 0 Å². The molecule has 1 fully saturated rings. The van der Waals surface area contributed by atoms with Gasteiger partial charge in [0, 0.05) is 10.5 Å². The zero-order valence-electron chi connectivity index (χ0n) is 10.9. The Morgan fingerprint density at radius 1 is 1.18 bits per heavy atom. The van der Waals surface area contributed by atoms with Gasteiger partial charge >= 0.3 is 0 Å². The van der Waals surface area contributed by atoms with Crippen molar-refractivity contribution in [3.63, 3.8) is 0 Å². The highest BCUT2D eigenvalue weighted by Gasteiger charge is 2.19. The monoisotopic (exact) mass is 295 g/mol. The molecule has 1 N–H and O–H groups in total. The number of hydrogen-bond donors (Lipinski definition) is 1. The van der Waals surface area contributed by atoms with Gasteiger partial charge in [0.2, 0.25) is 0 Å². The van der Waals surface area contributed by atoms with E-state index in [1.807, 2.05) is 0 Å². The average molecular weight is 296 g/mol. The molecule has 1 aliphatic carbocycles. The first-order chi connectivity index (χ1) is 8.16. The van der Waals surface area contributed by atoms with Crippen molar-refractivity contribution in [1.29, 1.82) is 0 Å². The summed E-state index contributed by atoms with van der Waals surface area (Å²) in [4.78, 5) is 0. The van der Waals surface area contributed by atoms with Crippen molar-refractivity contribution in [3.05, 3.63) is 33.3 Å². The van der Waals surface area contributed by atoms with E-state index in [0.717, 1.165) is 6.04 Å². The smallest absolute Gasteiger partial charge is 0.0207 e. The summed E-state index contributed by atoms with van der Waals surface area (Å²) in [6, 6.07) is 5.42. The molecule has 0 amide bonds. The SMILES string of the molecule is Cc1cc(CCCCNC2CC2)c(C)cc1Br. The summed E-state index contributed by atoms with van der Waals surface area (Å²) in [7, 11) is 0. The Hall–Kier alpha value is -0.340.